The first-order chi connectivity index (χ1) is 21.2. The SMILES string of the molecule is COc1ccc(N2CCN(c3ccc(-n4cnn(C(C)C)c4=O)cc3)CC2)cc1.Clc1ccc(C2(CBr)OCCO2)c(Cl)c1. The number of hydrogen-bond acceptors (Lipinski definition) is 7. The number of alkyl halides is 1. The van der Waals surface area contributed by atoms with E-state index in [1.54, 1.807) is 30.1 Å². The molecule has 0 N–H and O–H groups in total. The summed E-state index contributed by atoms with van der Waals surface area (Å²) in [5, 5.41) is 5.90. The van der Waals surface area contributed by atoms with Gasteiger partial charge < -0.3 is 24.0 Å². The molecular weight excluding hydrogens is 669 g/mol. The molecule has 4 aromatic rings. The molecule has 0 saturated carbocycles. The lowest BCUT2D eigenvalue weighted by atomic mass is 10.1. The van der Waals surface area contributed by atoms with Crippen LogP contribution < -0.4 is 20.2 Å². The summed E-state index contributed by atoms with van der Waals surface area (Å²) in [6.07, 6.45) is 1.59. The standard InChI is InChI=1S/C22H27N5O2.C10H9BrCl2O2/c1-17(2)27-22(28)26(16-23-27)20-6-4-18(5-7-20)24-12-14-25(15-13-24)19-8-10-21(29-3)11-9-19;11-6-10(14-3-4-15-10)8-2-1-7(12)5-9(8)13/h4-11,16-17H,12-15H2,1-3H3;1-2,5H,3-4,6H2. The van der Waals surface area contributed by atoms with E-state index in [0.29, 0.717) is 28.6 Å². The minimum absolute atomic E-state index is 0.0463. The molecule has 0 bridgehead atoms. The van der Waals surface area contributed by atoms with Gasteiger partial charge in [0.05, 0.1) is 42.4 Å². The van der Waals surface area contributed by atoms with Crippen molar-refractivity contribution in [3.63, 3.8) is 0 Å². The van der Waals surface area contributed by atoms with Crippen molar-refractivity contribution in [3.8, 4) is 11.4 Å². The van der Waals surface area contributed by atoms with Crippen LogP contribution in [0.15, 0.2) is 77.9 Å². The van der Waals surface area contributed by atoms with E-state index in [1.807, 2.05) is 44.2 Å². The van der Waals surface area contributed by atoms with Crippen LogP contribution in [-0.2, 0) is 15.3 Å². The van der Waals surface area contributed by atoms with Crippen LogP contribution in [-0.4, -0.2) is 66.2 Å². The summed E-state index contributed by atoms with van der Waals surface area (Å²) < 4.78 is 19.5. The minimum Gasteiger partial charge on any atom is -0.497 e. The van der Waals surface area contributed by atoms with Crippen molar-refractivity contribution in [2.75, 3.05) is 61.6 Å². The van der Waals surface area contributed by atoms with E-state index in [1.165, 1.54) is 16.1 Å². The highest BCUT2D eigenvalue weighted by Gasteiger charge is 2.39. The molecular formula is C32H36BrCl2N5O4. The predicted molar refractivity (Wildman–Crippen MR) is 179 cm³/mol. The van der Waals surface area contributed by atoms with E-state index in [2.05, 4.69) is 55.1 Å². The summed E-state index contributed by atoms with van der Waals surface area (Å²) in [5.41, 5.74) is 3.93. The Morgan fingerprint density at radius 1 is 0.886 bits per heavy atom. The second kappa shape index (κ2) is 14.4. The van der Waals surface area contributed by atoms with Crippen molar-refractivity contribution >= 4 is 50.5 Å². The highest BCUT2D eigenvalue weighted by molar-refractivity contribution is 9.09. The number of ether oxygens (including phenoxy) is 3. The van der Waals surface area contributed by atoms with Crippen LogP contribution in [0.3, 0.4) is 0 Å². The van der Waals surface area contributed by atoms with Gasteiger partial charge >= 0.3 is 5.69 Å². The lowest BCUT2D eigenvalue weighted by Crippen LogP contribution is -2.46. The summed E-state index contributed by atoms with van der Waals surface area (Å²) in [5.74, 6) is 0.118. The number of hydrogen-bond donors (Lipinski definition) is 0. The molecule has 6 rings (SSSR count). The summed E-state index contributed by atoms with van der Waals surface area (Å²) in [4.78, 5) is 17.2. The van der Waals surface area contributed by atoms with Gasteiger partial charge in [0.2, 0.25) is 5.79 Å². The molecule has 0 atom stereocenters. The second-order valence-electron chi connectivity index (χ2n) is 10.7. The van der Waals surface area contributed by atoms with Gasteiger partial charge in [-0.3, -0.25) is 0 Å². The van der Waals surface area contributed by atoms with Crippen LogP contribution in [0.4, 0.5) is 11.4 Å². The van der Waals surface area contributed by atoms with Gasteiger partial charge in [0.1, 0.15) is 12.1 Å². The molecule has 2 aliphatic heterocycles. The number of nitrogens with zero attached hydrogens (tertiary/aromatic N) is 5. The Morgan fingerprint density at radius 3 is 1.91 bits per heavy atom. The van der Waals surface area contributed by atoms with Gasteiger partial charge in [-0.05, 0) is 74.5 Å². The summed E-state index contributed by atoms with van der Waals surface area (Å²) >= 11 is 15.3. The minimum atomic E-state index is -0.762. The third kappa shape index (κ3) is 7.10. The second-order valence-corrected chi connectivity index (χ2v) is 12.1. The van der Waals surface area contributed by atoms with E-state index in [4.69, 9.17) is 37.4 Å². The zero-order valence-corrected chi connectivity index (χ0v) is 28.1. The van der Waals surface area contributed by atoms with Gasteiger partial charge in [-0.2, -0.15) is 5.10 Å². The quantitative estimate of drug-likeness (QED) is 0.203. The van der Waals surface area contributed by atoms with Crippen molar-refractivity contribution in [2.24, 2.45) is 0 Å². The fraction of sp³-hybridized carbons (Fsp3) is 0.375. The molecule has 234 valence electrons. The Bertz CT molecular complexity index is 1580. The monoisotopic (exact) mass is 703 g/mol. The molecule has 0 amide bonds. The molecule has 2 saturated heterocycles. The highest BCUT2D eigenvalue weighted by Crippen LogP contribution is 2.38. The summed E-state index contributed by atoms with van der Waals surface area (Å²) in [6, 6.07) is 21.7. The van der Waals surface area contributed by atoms with E-state index < -0.39 is 5.79 Å². The van der Waals surface area contributed by atoms with Crippen molar-refractivity contribution in [3.05, 3.63) is 99.2 Å². The molecule has 1 aromatic heterocycles. The lowest BCUT2D eigenvalue weighted by molar-refractivity contribution is -0.144. The predicted octanol–water partition coefficient (Wildman–Crippen LogP) is 6.54. The molecule has 2 fully saturated rings. The normalized spacial score (nSPS) is 16.2. The van der Waals surface area contributed by atoms with Gasteiger partial charge in [-0.1, -0.05) is 45.2 Å². The fourth-order valence-corrected chi connectivity index (χ4v) is 6.42. The first-order valence-corrected chi connectivity index (χ1v) is 16.3. The van der Waals surface area contributed by atoms with E-state index >= 15 is 0 Å². The molecule has 0 spiro atoms. The Balaban J connectivity index is 0.000000215. The zero-order chi connectivity index (χ0) is 31.3. The smallest absolute Gasteiger partial charge is 0.350 e. The third-order valence-corrected chi connectivity index (χ3v) is 8.95. The Kier molecular flexibility index (Phi) is 10.6. The highest BCUT2D eigenvalue weighted by atomic mass is 79.9. The number of methoxy groups -OCH3 is 1. The van der Waals surface area contributed by atoms with Crippen LogP contribution in [0, 0.1) is 0 Å². The molecule has 0 aliphatic carbocycles. The molecule has 2 aliphatic rings. The number of anilines is 2. The molecule has 44 heavy (non-hydrogen) atoms. The maximum Gasteiger partial charge on any atom is 0.350 e. The Labute approximate surface area is 276 Å². The molecule has 3 aromatic carbocycles. The average molecular weight is 705 g/mol. The molecule has 9 nitrogen and oxygen atoms in total. The zero-order valence-electron chi connectivity index (χ0n) is 25.0. The average Bonchev–Trinajstić information content (AvgIpc) is 3.69. The fourth-order valence-electron chi connectivity index (χ4n) is 5.25. The largest absolute Gasteiger partial charge is 0.497 e. The van der Waals surface area contributed by atoms with Crippen LogP contribution in [0.1, 0.15) is 25.5 Å². The lowest BCUT2D eigenvalue weighted by Gasteiger charge is -2.37. The topological polar surface area (TPSA) is 74.0 Å². The summed E-state index contributed by atoms with van der Waals surface area (Å²) in [7, 11) is 1.69. The molecule has 3 heterocycles. The van der Waals surface area contributed by atoms with Crippen LogP contribution >= 0.6 is 39.1 Å². The van der Waals surface area contributed by atoms with Crippen LogP contribution in [0.25, 0.3) is 5.69 Å². The number of halogens is 3. The van der Waals surface area contributed by atoms with E-state index in [9.17, 15) is 4.79 Å². The molecule has 0 radical (unpaired) electrons. The Morgan fingerprint density at radius 2 is 1.43 bits per heavy atom. The Hall–Kier alpha value is -3.02. The number of rotatable bonds is 7. The van der Waals surface area contributed by atoms with Gasteiger partial charge in [-0.15, -0.1) is 0 Å². The van der Waals surface area contributed by atoms with Gasteiger partial charge in [0, 0.05) is 48.1 Å². The van der Waals surface area contributed by atoms with Crippen LogP contribution in [0.2, 0.25) is 10.0 Å². The van der Waals surface area contributed by atoms with Crippen LogP contribution in [0.5, 0.6) is 5.75 Å². The van der Waals surface area contributed by atoms with Crippen molar-refractivity contribution in [2.45, 2.75) is 25.7 Å². The number of aromatic nitrogens is 3. The van der Waals surface area contributed by atoms with Crippen molar-refractivity contribution < 1.29 is 14.2 Å². The van der Waals surface area contributed by atoms with Crippen molar-refractivity contribution in [1.29, 1.82) is 0 Å². The van der Waals surface area contributed by atoms with E-state index in [-0.39, 0.29) is 11.7 Å². The number of piperazine rings is 1. The van der Waals surface area contributed by atoms with E-state index in [0.717, 1.165) is 43.2 Å². The maximum absolute atomic E-state index is 12.4. The van der Waals surface area contributed by atoms with Gasteiger partial charge in [-0.25, -0.2) is 14.0 Å². The maximum atomic E-state index is 12.4. The van der Waals surface area contributed by atoms with Gasteiger partial charge in [0.15, 0.2) is 0 Å². The first kappa shape index (κ1) is 32.4. The first-order valence-electron chi connectivity index (χ1n) is 14.4. The number of benzene rings is 3. The van der Waals surface area contributed by atoms with Crippen molar-refractivity contribution in [1.82, 2.24) is 14.3 Å². The molecule has 0 unspecified atom stereocenters. The molecule has 12 heteroatoms. The summed E-state index contributed by atoms with van der Waals surface area (Å²) in [6.45, 7) is 8.90. The third-order valence-electron chi connectivity index (χ3n) is 7.66. The van der Waals surface area contributed by atoms with Gasteiger partial charge in [0.25, 0.3) is 0 Å².